The molecule has 0 radical (unpaired) electrons. The number of rotatable bonds is 6. The predicted octanol–water partition coefficient (Wildman–Crippen LogP) is 4.17. The summed E-state index contributed by atoms with van der Waals surface area (Å²) in [5.74, 6) is 1.90. The van der Waals surface area contributed by atoms with Gasteiger partial charge in [-0.05, 0) is 29.3 Å². The number of ether oxygens (including phenoxy) is 1. The zero-order valence-electron chi connectivity index (χ0n) is 17.9. The molecule has 2 aromatic carbocycles. The minimum Gasteiger partial charge on any atom is -0.490 e. The van der Waals surface area contributed by atoms with Crippen molar-refractivity contribution in [3.63, 3.8) is 0 Å². The fourth-order valence-electron chi connectivity index (χ4n) is 3.81. The average Bonchev–Trinajstić information content (AvgIpc) is 3.29. The molecular formula is C24H30IN5O. The summed E-state index contributed by atoms with van der Waals surface area (Å²) in [7, 11) is 1.85. The third-order valence-electron chi connectivity index (χ3n) is 5.35. The predicted molar refractivity (Wildman–Crippen MR) is 135 cm³/mol. The molecule has 1 saturated heterocycles. The first-order valence-electron chi connectivity index (χ1n) is 10.5. The van der Waals surface area contributed by atoms with Crippen LogP contribution in [0.2, 0.25) is 0 Å². The zero-order chi connectivity index (χ0) is 20.6. The summed E-state index contributed by atoms with van der Waals surface area (Å²) < 4.78 is 8.05. The van der Waals surface area contributed by atoms with E-state index in [1.807, 2.05) is 60.5 Å². The highest BCUT2D eigenvalue weighted by molar-refractivity contribution is 14.0. The van der Waals surface area contributed by atoms with E-state index in [9.17, 15) is 0 Å². The summed E-state index contributed by atoms with van der Waals surface area (Å²) in [6.07, 6.45) is 6.05. The highest BCUT2D eigenvalue weighted by atomic mass is 127. The van der Waals surface area contributed by atoms with E-state index in [4.69, 9.17) is 4.74 Å². The van der Waals surface area contributed by atoms with Crippen LogP contribution in [0, 0.1) is 0 Å². The van der Waals surface area contributed by atoms with E-state index < -0.39 is 0 Å². The lowest BCUT2D eigenvalue weighted by atomic mass is 10.1. The largest absolute Gasteiger partial charge is 0.490 e. The lowest BCUT2D eigenvalue weighted by Gasteiger charge is -2.34. The molecule has 0 spiro atoms. The molecule has 1 fully saturated rings. The maximum absolute atomic E-state index is 6.11. The highest BCUT2D eigenvalue weighted by Gasteiger charge is 2.22. The molecule has 1 N–H and O–H groups in total. The van der Waals surface area contributed by atoms with Gasteiger partial charge in [0.2, 0.25) is 0 Å². The van der Waals surface area contributed by atoms with Gasteiger partial charge in [-0.15, -0.1) is 24.0 Å². The van der Waals surface area contributed by atoms with Crippen molar-refractivity contribution in [3.05, 3.63) is 84.2 Å². The Hall–Kier alpha value is -2.55. The average molecular weight is 531 g/mol. The quantitative estimate of drug-likeness (QED) is 0.295. The van der Waals surface area contributed by atoms with Crippen LogP contribution in [0.15, 0.2) is 78.0 Å². The lowest BCUT2D eigenvalue weighted by Crippen LogP contribution is -2.47. The van der Waals surface area contributed by atoms with Crippen molar-refractivity contribution < 1.29 is 4.74 Å². The normalized spacial score (nSPS) is 14.7. The minimum absolute atomic E-state index is 0. The van der Waals surface area contributed by atoms with E-state index in [2.05, 4.69) is 44.6 Å². The van der Waals surface area contributed by atoms with Gasteiger partial charge in [0.15, 0.2) is 5.96 Å². The van der Waals surface area contributed by atoms with Gasteiger partial charge in [-0.2, -0.15) is 5.10 Å². The van der Waals surface area contributed by atoms with Crippen LogP contribution in [0.3, 0.4) is 0 Å². The van der Waals surface area contributed by atoms with Crippen LogP contribution in [0.5, 0.6) is 5.75 Å². The Balaban J connectivity index is 0.00000272. The van der Waals surface area contributed by atoms with Gasteiger partial charge in [-0.3, -0.25) is 9.67 Å². The Morgan fingerprint density at radius 1 is 1.06 bits per heavy atom. The number of nitrogens with one attached hydrogen (secondary N) is 1. The number of benzene rings is 2. The smallest absolute Gasteiger partial charge is 0.193 e. The van der Waals surface area contributed by atoms with Crippen LogP contribution in [0.1, 0.15) is 24.0 Å². The van der Waals surface area contributed by atoms with Gasteiger partial charge in [-0.1, -0.05) is 42.5 Å². The number of nitrogens with zero attached hydrogens (tertiary/aromatic N) is 4. The van der Waals surface area contributed by atoms with Crippen LogP contribution in [0.25, 0.3) is 0 Å². The number of aromatic nitrogens is 2. The van der Waals surface area contributed by atoms with Gasteiger partial charge in [0, 0.05) is 51.9 Å². The van der Waals surface area contributed by atoms with E-state index in [-0.39, 0.29) is 30.1 Å². The molecule has 0 atom stereocenters. The third-order valence-corrected chi connectivity index (χ3v) is 5.35. The van der Waals surface area contributed by atoms with Crippen molar-refractivity contribution >= 4 is 29.9 Å². The number of likely N-dealkylation sites (tertiary alicyclic amines) is 1. The van der Waals surface area contributed by atoms with Crippen LogP contribution in [-0.2, 0) is 13.1 Å². The molecule has 6 nitrogen and oxygen atoms in total. The van der Waals surface area contributed by atoms with Crippen molar-refractivity contribution in [1.82, 2.24) is 20.0 Å². The molecule has 1 aromatic heterocycles. The summed E-state index contributed by atoms with van der Waals surface area (Å²) in [5.41, 5.74) is 2.48. The van der Waals surface area contributed by atoms with E-state index in [1.165, 1.54) is 11.1 Å². The number of guanidine groups is 1. The molecule has 4 rings (SSSR count). The first-order valence-corrected chi connectivity index (χ1v) is 10.5. The summed E-state index contributed by atoms with van der Waals surface area (Å²) in [6.45, 7) is 3.41. The Bertz CT molecular complexity index is 938. The molecule has 0 aliphatic carbocycles. The molecule has 164 valence electrons. The molecule has 1 aliphatic rings. The van der Waals surface area contributed by atoms with E-state index in [0.717, 1.165) is 50.7 Å². The number of halogens is 1. The maximum atomic E-state index is 6.11. The Morgan fingerprint density at radius 3 is 2.55 bits per heavy atom. The molecule has 3 aromatic rings. The molecule has 1 aliphatic heterocycles. The molecule has 31 heavy (non-hydrogen) atoms. The Labute approximate surface area is 201 Å². The van der Waals surface area contributed by atoms with Crippen LogP contribution in [-0.4, -0.2) is 46.9 Å². The summed E-state index contributed by atoms with van der Waals surface area (Å²) >= 11 is 0. The van der Waals surface area contributed by atoms with E-state index in [1.54, 1.807) is 0 Å². The van der Waals surface area contributed by atoms with Crippen LogP contribution < -0.4 is 10.1 Å². The third kappa shape index (κ3) is 6.72. The number of aliphatic imine (C=N–C) groups is 1. The fourth-order valence-corrected chi connectivity index (χ4v) is 3.81. The van der Waals surface area contributed by atoms with Gasteiger partial charge in [0.25, 0.3) is 0 Å². The molecular weight excluding hydrogens is 501 g/mol. The second kappa shape index (κ2) is 11.7. The summed E-state index contributed by atoms with van der Waals surface area (Å²) in [4.78, 5) is 6.81. The monoisotopic (exact) mass is 531 g/mol. The van der Waals surface area contributed by atoms with Gasteiger partial charge >= 0.3 is 0 Å². The summed E-state index contributed by atoms with van der Waals surface area (Å²) in [5, 5.41) is 7.81. The second-order valence-electron chi connectivity index (χ2n) is 7.54. The standard InChI is InChI=1S/C24H29N5O.HI/c1-25-24(28-15-11-23(12-16-28)30-22-9-3-2-4-10-22)26-18-20-7-5-8-21(17-20)19-29-14-6-13-27-29;/h2-10,13-14,17,23H,11-12,15-16,18-19H2,1H3,(H,25,26);1H. The summed E-state index contributed by atoms with van der Waals surface area (Å²) in [6, 6.07) is 20.6. The fraction of sp³-hybridized carbons (Fsp3) is 0.333. The first-order chi connectivity index (χ1) is 14.8. The van der Waals surface area contributed by atoms with Crippen molar-refractivity contribution in [1.29, 1.82) is 0 Å². The van der Waals surface area contributed by atoms with Gasteiger partial charge in [0.05, 0.1) is 6.54 Å². The lowest BCUT2D eigenvalue weighted by molar-refractivity contribution is 0.129. The van der Waals surface area contributed by atoms with E-state index in [0.29, 0.717) is 0 Å². The SMILES string of the molecule is CN=C(NCc1cccc(Cn2cccn2)c1)N1CCC(Oc2ccccc2)CC1.I. The topological polar surface area (TPSA) is 54.7 Å². The highest BCUT2D eigenvalue weighted by Crippen LogP contribution is 2.18. The van der Waals surface area contributed by atoms with Crippen molar-refractivity contribution in [2.24, 2.45) is 4.99 Å². The number of hydrogen-bond acceptors (Lipinski definition) is 3. The van der Waals surface area contributed by atoms with Crippen molar-refractivity contribution in [2.45, 2.75) is 32.0 Å². The zero-order valence-corrected chi connectivity index (χ0v) is 20.2. The Morgan fingerprint density at radius 2 is 1.84 bits per heavy atom. The maximum Gasteiger partial charge on any atom is 0.193 e. The van der Waals surface area contributed by atoms with Gasteiger partial charge in [0.1, 0.15) is 11.9 Å². The van der Waals surface area contributed by atoms with Crippen molar-refractivity contribution in [3.8, 4) is 5.75 Å². The molecule has 2 heterocycles. The minimum atomic E-state index is 0. The number of piperidine rings is 1. The first kappa shape index (κ1) is 23.1. The van der Waals surface area contributed by atoms with Crippen molar-refractivity contribution in [2.75, 3.05) is 20.1 Å². The van der Waals surface area contributed by atoms with E-state index >= 15 is 0 Å². The molecule has 0 unspecified atom stereocenters. The van der Waals surface area contributed by atoms with Gasteiger partial charge < -0.3 is 15.0 Å². The Kier molecular flexibility index (Phi) is 8.75. The molecule has 0 bridgehead atoms. The second-order valence-corrected chi connectivity index (χ2v) is 7.54. The molecule has 0 amide bonds. The molecule has 7 heteroatoms. The molecule has 0 saturated carbocycles. The number of hydrogen-bond donors (Lipinski definition) is 1. The number of para-hydroxylation sites is 1. The van der Waals surface area contributed by atoms with Crippen LogP contribution in [0.4, 0.5) is 0 Å². The van der Waals surface area contributed by atoms with Gasteiger partial charge in [-0.25, -0.2) is 0 Å². The van der Waals surface area contributed by atoms with Crippen LogP contribution >= 0.6 is 24.0 Å².